The predicted molar refractivity (Wildman–Crippen MR) is 137 cm³/mol. The van der Waals surface area contributed by atoms with Gasteiger partial charge in [0.15, 0.2) is 9.48 Å². The van der Waals surface area contributed by atoms with Gasteiger partial charge in [-0.15, -0.1) is 0 Å². The van der Waals surface area contributed by atoms with Crippen molar-refractivity contribution in [1.29, 1.82) is 0 Å². The number of ether oxygens (including phenoxy) is 1. The molecule has 9 heteroatoms. The summed E-state index contributed by atoms with van der Waals surface area (Å²) >= 11 is 2.08. The fourth-order valence-corrected chi connectivity index (χ4v) is 5.17. The van der Waals surface area contributed by atoms with Gasteiger partial charge in [0, 0.05) is 52.9 Å². The number of carbonyl (C=O) groups excluding carboxylic acids is 1. The number of H-pyrrole nitrogens is 1. The maximum atomic E-state index is 13.8. The van der Waals surface area contributed by atoms with Gasteiger partial charge < -0.3 is 4.74 Å². The van der Waals surface area contributed by atoms with E-state index in [0.29, 0.717) is 28.0 Å². The van der Waals surface area contributed by atoms with Gasteiger partial charge in [0.2, 0.25) is 0 Å². The Balaban J connectivity index is 1.42. The van der Waals surface area contributed by atoms with Crippen molar-refractivity contribution in [1.82, 2.24) is 30.1 Å². The second-order valence-corrected chi connectivity index (χ2v) is 9.54. The van der Waals surface area contributed by atoms with Crippen molar-refractivity contribution in [3.05, 3.63) is 99.5 Å². The highest BCUT2D eigenvalue weighted by Gasteiger charge is 2.47. The van der Waals surface area contributed by atoms with Crippen LogP contribution in [0.4, 0.5) is 0 Å². The van der Waals surface area contributed by atoms with Gasteiger partial charge >= 0.3 is 5.97 Å². The van der Waals surface area contributed by atoms with E-state index in [1.807, 2.05) is 48.7 Å². The summed E-state index contributed by atoms with van der Waals surface area (Å²) in [6, 6.07) is 13.7. The van der Waals surface area contributed by atoms with E-state index >= 15 is 0 Å². The van der Waals surface area contributed by atoms with Crippen LogP contribution in [-0.4, -0.2) is 36.1 Å². The van der Waals surface area contributed by atoms with E-state index in [-0.39, 0.29) is 12.6 Å². The van der Waals surface area contributed by atoms with Crippen LogP contribution in [0.1, 0.15) is 22.3 Å². The number of hydrogen-bond donors (Lipinski definition) is 1. The molecule has 0 bridgehead atoms. The summed E-state index contributed by atoms with van der Waals surface area (Å²) in [6.07, 6.45) is 9.82. The minimum Gasteiger partial charge on any atom is -0.460 e. The zero-order valence-electron chi connectivity index (χ0n) is 18.5. The number of rotatable bonds is 5. The summed E-state index contributed by atoms with van der Waals surface area (Å²) < 4.78 is 6.49. The van der Waals surface area contributed by atoms with Crippen LogP contribution in [-0.2, 0) is 34.4 Å². The minimum absolute atomic E-state index is 0.211. The Morgan fingerprint density at radius 2 is 1.86 bits per heavy atom. The van der Waals surface area contributed by atoms with Crippen LogP contribution in [0.25, 0.3) is 22.3 Å². The normalized spacial score (nSPS) is 16.8. The van der Waals surface area contributed by atoms with Crippen molar-refractivity contribution >= 4 is 39.6 Å². The van der Waals surface area contributed by atoms with Crippen molar-refractivity contribution < 1.29 is 9.53 Å². The number of carbonyl (C=O) groups is 1. The first-order valence-corrected chi connectivity index (χ1v) is 12.2. The highest BCUT2D eigenvalue weighted by atomic mass is 127. The van der Waals surface area contributed by atoms with Gasteiger partial charge in [-0.3, -0.25) is 19.9 Å². The number of benzene rings is 1. The summed E-state index contributed by atoms with van der Waals surface area (Å²) in [5.74, 6) is -0.276. The Hall–Kier alpha value is -3.73. The molecule has 0 spiro atoms. The highest BCUT2D eigenvalue weighted by molar-refractivity contribution is 14.1. The molecule has 1 aliphatic rings. The molecule has 1 N–H and O–H groups in total. The largest absolute Gasteiger partial charge is 0.460 e. The molecular weight excluding hydrogens is 555 g/mol. The Bertz CT molecular complexity index is 1530. The average molecular weight is 574 g/mol. The third-order valence-electron chi connectivity index (χ3n) is 6.44. The zero-order valence-corrected chi connectivity index (χ0v) is 20.6. The summed E-state index contributed by atoms with van der Waals surface area (Å²) in [4.78, 5) is 31.6. The molecule has 1 unspecified atom stereocenters. The molecule has 6 rings (SSSR count). The van der Waals surface area contributed by atoms with E-state index in [1.165, 1.54) is 0 Å². The molecule has 1 aromatic carbocycles. The van der Waals surface area contributed by atoms with Crippen molar-refractivity contribution in [3.63, 3.8) is 0 Å². The summed E-state index contributed by atoms with van der Waals surface area (Å²) in [7, 11) is 0. The first-order chi connectivity index (χ1) is 17.1. The fourth-order valence-electron chi connectivity index (χ4n) is 4.69. The average Bonchev–Trinajstić information content (AvgIpc) is 3.53. The van der Waals surface area contributed by atoms with E-state index in [0.717, 1.165) is 33.2 Å². The first-order valence-electron chi connectivity index (χ1n) is 11.1. The van der Waals surface area contributed by atoms with Crippen LogP contribution in [0.15, 0.2) is 73.4 Å². The highest BCUT2D eigenvalue weighted by Crippen LogP contribution is 2.42. The van der Waals surface area contributed by atoms with Crippen molar-refractivity contribution in [2.75, 3.05) is 0 Å². The van der Waals surface area contributed by atoms with Crippen molar-refractivity contribution in [2.24, 2.45) is 0 Å². The molecule has 0 saturated heterocycles. The topological polar surface area (TPSA) is 107 Å². The maximum absolute atomic E-state index is 13.8. The third-order valence-corrected chi connectivity index (χ3v) is 6.92. The second-order valence-electron chi connectivity index (χ2n) is 8.58. The summed E-state index contributed by atoms with van der Waals surface area (Å²) in [5.41, 5.74) is 5.12. The van der Waals surface area contributed by atoms with E-state index in [4.69, 9.17) is 4.74 Å². The Kier molecular flexibility index (Phi) is 5.48. The van der Waals surface area contributed by atoms with Gasteiger partial charge in [0.25, 0.3) is 0 Å². The standard InChI is InChI=1S/C26H19IN6O2/c27-25-31-22(21-14-30-33-23(21)32-25)18-8-20(13-29-11-18)26(9-17-6-7-28-12-19(17)10-26)24(34)35-15-16-4-2-1-3-5-16/h1-8,11-14H,9-10,15H2,(H,30,31,32,33). The molecule has 0 fully saturated rings. The molecule has 4 heterocycles. The van der Waals surface area contributed by atoms with Crippen LogP contribution < -0.4 is 0 Å². The van der Waals surface area contributed by atoms with Gasteiger partial charge in [-0.2, -0.15) is 5.10 Å². The van der Waals surface area contributed by atoms with Gasteiger partial charge in [-0.1, -0.05) is 30.3 Å². The number of fused-ring (bicyclic) bond motifs is 2. The lowest BCUT2D eigenvalue weighted by molar-refractivity contribution is -0.151. The van der Waals surface area contributed by atoms with E-state index in [9.17, 15) is 4.79 Å². The molecule has 4 aromatic heterocycles. The number of hydrogen-bond acceptors (Lipinski definition) is 7. The quantitative estimate of drug-likeness (QED) is 0.191. The molecule has 5 aromatic rings. The molecule has 1 aliphatic carbocycles. The zero-order chi connectivity index (χ0) is 23.8. The van der Waals surface area contributed by atoms with Crippen LogP contribution in [0.3, 0.4) is 0 Å². The molecule has 8 nitrogen and oxygen atoms in total. The number of aromatic amines is 1. The number of aromatic nitrogens is 6. The van der Waals surface area contributed by atoms with E-state index < -0.39 is 5.41 Å². The Morgan fingerprint density at radius 1 is 1.00 bits per heavy atom. The van der Waals surface area contributed by atoms with Crippen LogP contribution in [0.5, 0.6) is 0 Å². The van der Waals surface area contributed by atoms with Crippen LogP contribution in [0.2, 0.25) is 0 Å². The lowest BCUT2D eigenvalue weighted by atomic mass is 9.78. The Labute approximate surface area is 214 Å². The second kappa shape index (κ2) is 8.81. The maximum Gasteiger partial charge on any atom is 0.317 e. The van der Waals surface area contributed by atoms with Crippen molar-refractivity contribution in [3.8, 4) is 11.3 Å². The number of pyridine rings is 2. The summed E-state index contributed by atoms with van der Waals surface area (Å²) in [5, 5.41) is 7.82. The SMILES string of the molecule is O=C(OCc1ccccc1)C1(c2cncc(-c3nc(I)nc4[nH]ncc34)c2)Cc2ccncc2C1. The van der Waals surface area contributed by atoms with E-state index in [1.54, 1.807) is 24.8 Å². The minimum atomic E-state index is -0.904. The molecule has 0 saturated carbocycles. The molecule has 0 radical (unpaired) electrons. The van der Waals surface area contributed by atoms with Gasteiger partial charge in [0.1, 0.15) is 12.0 Å². The fraction of sp³-hybridized carbons (Fsp3) is 0.154. The number of halogens is 1. The van der Waals surface area contributed by atoms with Gasteiger partial charge in [0.05, 0.1) is 17.3 Å². The van der Waals surface area contributed by atoms with E-state index in [2.05, 4.69) is 52.7 Å². The number of nitrogens with zero attached hydrogens (tertiary/aromatic N) is 5. The Morgan fingerprint density at radius 3 is 2.71 bits per heavy atom. The summed E-state index contributed by atoms with van der Waals surface area (Å²) in [6.45, 7) is 0.211. The van der Waals surface area contributed by atoms with Crippen LogP contribution >= 0.6 is 22.6 Å². The first kappa shape index (κ1) is 21.8. The van der Waals surface area contributed by atoms with Crippen LogP contribution in [0, 0.1) is 3.83 Å². The molecule has 1 atom stereocenters. The molecule has 0 amide bonds. The smallest absolute Gasteiger partial charge is 0.317 e. The molecule has 172 valence electrons. The lowest BCUT2D eigenvalue weighted by Gasteiger charge is -2.27. The molecule has 35 heavy (non-hydrogen) atoms. The van der Waals surface area contributed by atoms with Crippen molar-refractivity contribution in [2.45, 2.75) is 24.9 Å². The number of nitrogens with one attached hydrogen (secondary N) is 1. The lowest BCUT2D eigenvalue weighted by Crippen LogP contribution is -2.38. The van der Waals surface area contributed by atoms with Gasteiger partial charge in [-0.05, 0) is 47.2 Å². The van der Waals surface area contributed by atoms with Gasteiger partial charge in [-0.25, -0.2) is 9.97 Å². The molecular formula is C26H19IN6O2. The number of esters is 1. The third kappa shape index (κ3) is 3.95. The molecule has 0 aliphatic heterocycles. The predicted octanol–water partition coefficient (Wildman–Crippen LogP) is 4.19. The monoisotopic (exact) mass is 574 g/mol.